The Morgan fingerprint density at radius 1 is 1.30 bits per heavy atom. The van der Waals surface area contributed by atoms with Crippen molar-refractivity contribution in [3.63, 3.8) is 0 Å². The lowest BCUT2D eigenvalue weighted by atomic mass is 10.0. The van der Waals surface area contributed by atoms with Crippen molar-refractivity contribution in [1.82, 2.24) is 5.32 Å². The molecular weight excluding hydrogens is 254 g/mol. The van der Waals surface area contributed by atoms with Crippen molar-refractivity contribution < 1.29 is 14.3 Å². The lowest BCUT2D eigenvalue weighted by molar-refractivity contribution is -0.127. The molecule has 1 amide bonds. The first-order valence-corrected chi connectivity index (χ1v) is 6.58. The Morgan fingerprint density at radius 3 is 2.75 bits per heavy atom. The van der Waals surface area contributed by atoms with Gasteiger partial charge in [0.25, 0.3) is 5.91 Å². The van der Waals surface area contributed by atoms with E-state index >= 15 is 0 Å². The second kappa shape index (κ2) is 6.19. The van der Waals surface area contributed by atoms with E-state index in [0.29, 0.717) is 17.9 Å². The Morgan fingerprint density at radius 2 is 2.05 bits per heavy atom. The third kappa shape index (κ3) is 2.79. The molecule has 0 aliphatic heterocycles. The molecular formula is C16H17NO3. The molecule has 0 saturated heterocycles. The molecule has 0 aliphatic carbocycles. The van der Waals surface area contributed by atoms with Gasteiger partial charge in [0.1, 0.15) is 5.75 Å². The molecule has 0 saturated carbocycles. The van der Waals surface area contributed by atoms with E-state index in [1.165, 1.54) is 0 Å². The number of carbonyl (C=O) groups excluding carboxylic acids is 2. The van der Waals surface area contributed by atoms with Crippen LogP contribution in [0, 0.1) is 0 Å². The molecule has 0 aromatic heterocycles. The minimum atomic E-state index is -0.644. The molecule has 0 aliphatic rings. The summed E-state index contributed by atoms with van der Waals surface area (Å²) in [5.41, 5.74) is 0.472. The normalized spacial score (nSPS) is 11.9. The largest absolute Gasteiger partial charge is 0.480 e. The first-order chi connectivity index (χ1) is 9.67. The Bertz CT molecular complexity index is 637. The molecule has 1 N–H and O–H groups in total. The first kappa shape index (κ1) is 14.1. The zero-order chi connectivity index (χ0) is 14.5. The van der Waals surface area contributed by atoms with Crippen LogP contribution in [0.2, 0.25) is 0 Å². The van der Waals surface area contributed by atoms with E-state index in [2.05, 4.69) is 5.32 Å². The number of aldehydes is 1. The Kier molecular flexibility index (Phi) is 4.35. The van der Waals surface area contributed by atoms with E-state index in [0.717, 1.165) is 17.1 Å². The Labute approximate surface area is 117 Å². The monoisotopic (exact) mass is 271 g/mol. The molecule has 1 atom stereocenters. The number of likely N-dealkylation sites (N-methyl/N-ethyl adjacent to an activating group) is 1. The van der Waals surface area contributed by atoms with Gasteiger partial charge < -0.3 is 10.1 Å². The topological polar surface area (TPSA) is 55.4 Å². The highest BCUT2D eigenvalue weighted by molar-refractivity contribution is 6.00. The highest BCUT2D eigenvalue weighted by Gasteiger charge is 2.16. The van der Waals surface area contributed by atoms with Crippen LogP contribution in [0.1, 0.15) is 24.2 Å². The summed E-state index contributed by atoms with van der Waals surface area (Å²) in [7, 11) is 0. The molecule has 4 heteroatoms. The highest BCUT2D eigenvalue weighted by Crippen LogP contribution is 2.27. The van der Waals surface area contributed by atoms with Crippen molar-refractivity contribution >= 4 is 23.0 Å². The van der Waals surface area contributed by atoms with Crippen LogP contribution in [0.3, 0.4) is 0 Å². The fraction of sp³-hybridized carbons (Fsp3) is 0.250. The number of benzene rings is 2. The third-order valence-corrected chi connectivity index (χ3v) is 3.07. The molecule has 0 spiro atoms. The predicted molar refractivity (Wildman–Crippen MR) is 78.1 cm³/mol. The standard InChI is InChI=1S/C16H17NO3/c1-3-17-16(19)11(2)20-15-9-8-12-6-4-5-7-13(12)14(15)10-18/h4-11H,3H2,1-2H3,(H,17,19)/t11-/m1/s1. The van der Waals surface area contributed by atoms with Crippen molar-refractivity contribution in [3.8, 4) is 5.75 Å². The summed E-state index contributed by atoms with van der Waals surface area (Å²) in [6.07, 6.45) is 0.122. The van der Waals surface area contributed by atoms with Crippen LogP contribution in [0.5, 0.6) is 5.75 Å². The van der Waals surface area contributed by atoms with Gasteiger partial charge >= 0.3 is 0 Å². The first-order valence-electron chi connectivity index (χ1n) is 6.58. The number of hydrogen-bond acceptors (Lipinski definition) is 3. The molecule has 0 unspecified atom stereocenters. The van der Waals surface area contributed by atoms with Gasteiger partial charge in [-0.2, -0.15) is 0 Å². The number of hydrogen-bond donors (Lipinski definition) is 1. The second-order valence-corrected chi connectivity index (χ2v) is 4.47. The fourth-order valence-corrected chi connectivity index (χ4v) is 2.06. The summed E-state index contributed by atoms with van der Waals surface area (Å²) in [6.45, 7) is 4.05. The van der Waals surface area contributed by atoms with Crippen LogP contribution in [0.15, 0.2) is 36.4 Å². The number of carbonyl (C=O) groups is 2. The number of amides is 1. The predicted octanol–water partition coefficient (Wildman–Crippen LogP) is 2.56. The van der Waals surface area contributed by atoms with Gasteiger partial charge in [-0.3, -0.25) is 9.59 Å². The van der Waals surface area contributed by atoms with Crippen LogP contribution in [-0.4, -0.2) is 24.8 Å². The zero-order valence-electron chi connectivity index (χ0n) is 11.6. The average Bonchev–Trinajstić information content (AvgIpc) is 2.47. The van der Waals surface area contributed by atoms with Crippen molar-refractivity contribution in [2.75, 3.05) is 6.54 Å². The van der Waals surface area contributed by atoms with Crippen LogP contribution < -0.4 is 10.1 Å². The van der Waals surface area contributed by atoms with Crippen LogP contribution in [0.25, 0.3) is 10.8 Å². The summed E-state index contributed by atoms with van der Waals surface area (Å²) in [4.78, 5) is 23.0. The maximum absolute atomic E-state index is 11.7. The van der Waals surface area contributed by atoms with E-state index in [1.54, 1.807) is 13.0 Å². The molecule has 2 aromatic rings. The van der Waals surface area contributed by atoms with E-state index in [-0.39, 0.29) is 5.91 Å². The van der Waals surface area contributed by atoms with Gasteiger partial charge in [-0.15, -0.1) is 0 Å². The van der Waals surface area contributed by atoms with Gasteiger partial charge in [-0.25, -0.2) is 0 Å². The van der Waals surface area contributed by atoms with E-state index in [4.69, 9.17) is 4.74 Å². The summed E-state index contributed by atoms with van der Waals surface area (Å²) < 4.78 is 5.62. The summed E-state index contributed by atoms with van der Waals surface area (Å²) in [6, 6.07) is 11.2. The lowest BCUT2D eigenvalue weighted by Gasteiger charge is -2.16. The molecule has 0 fully saturated rings. The van der Waals surface area contributed by atoms with Crippen LogP contribution >= 0.6 is 0 Å². The SMILES string of the molecule is CCNC(=O)[C@@H](C)Oc1ccc2ccccc2c1C=O. The second-order valence-electron chi connectivity index (χ2n) is 4.47. The highest BCUT2D eigenvalue weighted by atomic mass is 16.5. The Hall–Kier alpha value is -2.36. The van der Waals surface area contributed by atoms with Gasteiger partial charge in [-0.1, -0.05) is 30.3 Å². The van der Waals surface area contributed by atoms with Crippen LogP contribution in [0.4, 0.5) is 0 Å². The molecule has 0 radical (unpaired) electrons. The third-order valence-electron chi connectivity index (χ3n) is 3.07. The minimum Gasteiger partial charge on any atom is -0.480 e. The number of fused-ring (bicyclic) bond motifs is 1. The number of nitrogens with one attached hydrogen (secondary N) is 1. The summed E-state index contributed by atoms with van der Waals surface area (Å²) in [5.74, 6) is 0.231. The molecule has 4 nitrogen and oxygen atoms in total. The van der Waals surface area contributed by atoms with Crippen molar-refractivity contribution in [2.45, 2.75) is 20.0 Å². The van der Waals surface area contributed by atoms with Crippen molar-refractivity contribution in [3.05, 3.63) is 42.0 Å². The van der Waals surface area contributed by atoms with Gasteiger partial charge in [0.15, 0.2) is 12.4 Å². The Balaban J connectivity index is 2.35. The quantitative estimate of drug-likeness (QED) is 0.850. The van der Waals surface area contributed by atoms with Crippen LogP contribution in [-0.2, 0) is 4.79 Å². The molecule has 104 valence electrons. The van der Waals surface area contributed by atoms with Gasteiger partial charge in [0, 0.05) is 6.54 Å². The maximum atomic E-state index is 11.7. The van der Waals surface area contributed by atoms with Gasteiger partial charge in [0.05, 0.1) is 5.56 Å². The average molecular weight is 271 g/mol. The summed E-state index contributed by atoms with van der Waals surface area (Å²) in [5, 5.41) is 4.48. The molecule has 0 bridgehead atoms. The fourth-order valence-electron chi connectivity index (χ4n) is 2.06. The molecule has 2 rings (SSSR count). The van der Waals surface area contributed by atoms with E-state index in [1.807, 2.05) is 37.3 Å². The lowest BCUT2D eigenvalue weighted by Crippen LogP contribution is -2.36. The van der Waals surface area contributed by atoms with Crippen molar-refractivity contribution in [1.29, 1.82) is 0 Å². The number of ether oxygens (including phenoxy) is 1. The van der Waals surface area contributed by atoms with E-state index < -0.39 is 6.10 Å². The molecule has 20 heavy (non-hydrogen) atoms. The maximum Gasteiger partial charge on any atom is 0.260 e. The number of rotatable bonds is 5. The van der Waals surface area contributed by atoms with Crippen molar-refractivity contribution in [2.24, 2.45) is 0 Å². The molecule has 0 heterocycles. The minimum absolute atomic E-state index is 0.197. The van der Waals surface area contributed by atoms with Gasteiger partial charge in [-0.05, 0) is 30.7 Å². The smallest absolute Gasteiger partial charge is 0.260 e. The van der Waals surface area contributed by atoms with E-state index in [9.17, 15) is 9.59 Å². The zero-order valence-corrected chi connectivity index (χ0v) is 11.6. The summed E-state index contributed by atoms with van der Waals surface area (Å²) >= 11 is 0. The molecule has 2 aromatic carbocycles. The van der Waals surface area contributed by atoms with Gasteiger partial charge in [0.2, 0.25) is 0 Å².